The minimum Gasteiger partial charge on any atom is -0.478 e. The predicted molar refractivity (Wildman–Crippen MR) is 66.2 cm³/mol. The lowest BCUT2D eigenvalue weighted by atomic mass is 10.2. The number of pyridine rings is 1. The number of aromatic nitrogens is 3. The molecular formula is C13H6F3N3O2. The molecule has 5 nitrogen and oxygen atoms in total. The van der Waals surface area contributed by atoms with Gasteiger partial charge in [0.15, 0.2) is 23.1 Å². The monoisotopic (exact) mass is 293 g/mol. The third-order valence-electron chi connectivity index (χ3n) is 2.84. The van der Waals surface area contributed by atoms with Gasteiger partial charge in [0, 0.05) is 11.8 Å². The summed E-state index contributed by atoms with van der Waals surface area (Å²) in [4.78, 5) is 21.3. The van der Waals surface area contributed by atoms with Gasteiger partial charge < -0.3 is 10.1 Å². The van der Waals surface area contributed by atoms with E-state index in [4.69, 9.17) is 5.11 Å². The van der Waals surface area contributed by atoms with Gasteiger partial charge in [-0.2, -0.15) is 0 Å². The van der Waals surface area contributed by atoms with Crippen molar-refractivity contribution in [1.29, 1.82) is 0 Å². The van der Waals surface area contributed by atoms with Crippen molar-refractivity contribution in [3.05, 3.63) is 47.4 Å². The van der Waals surface area contributed by atoms with Crippen LogP contribution in [0.4, 0.5) is 13.2 Å². The maximum Gasteiger partial charge on any atom is 0.337 e. The first kappa shape index (κ1) is 13.1. The van der Waals surface area contributed by atoms with E-state index < -0.39 is 23.4 Å². The molecule has 0 aliphatic carbocycles. The van der Waals surface area contributed by atoms with Crippen molar-refractivity contribution >= 4 is 17.1 Å². The molecule has 0 saturated heterocycles. The van der Waals surface area contributed by atoms with E-state index in [2.05, 4.69) is 15.0 Å². The van der Waals surface area contributed by atoms with Crippen molar-refractivity contribution in [2.45, 2.75) is 0 Å². The van der Waals surface area contributed by atoms with Crippen LogP contribution in [0.15, 0.2) is 24.4 Å². The molecule has 0 amide bonds. The summed E-state index contributed by atoms with van der Waals surface area (Å²) in [5.41, 5.74) is 0.394. The highest BCUT2D eigenvalue weighted by Crippen LogP contribution is 2.23. The number of H-pyrrole nitrogens is 1. The van der Waals surface area contributed by atoms with E-state index in [1.54, 1.807) is 0 Å². The first-order chi connectivity index (χ1) is 9.95. The van der Waals surface area contributed by atoms with E-state index in [0.717, 1.165) is 18.3 Å². The Balaban J connectivity index is 2.15. The first-order valence-electron chi connectivity index (χ1n) is 5.69. The van der Waals surface area contributed by atoms with E-state index >= 15 is 0 Å². The predicted octanol–water partition coefficient (Wildman–Crippen LogP) is 2.74. The molecule has 0 aliphatic rings. The summed E-state index contributed by atoms with van der Waals surface area (Å²) in [5.74, 6) is -5.37. The first-order valence-corrected chi connectivity index (χ1v) is 5.69. The molecular weight excluding hydrogens is 287 g/mol. The Labute approximate surface area is 115 Å². The van der Waals surface area contributed by atoms with Crippen molar-refractivity contribution < 1.29 is 23.1 Å². The zero-order valence-corrected chi connectivity index (χ0v) is 10.2. The summed E-state index contributed by atoms with van der Waals surface area (Å²) in [6.07, 6.45) is 1.11. The van der Waals surface area contributed by atoms with Gasteiger partial charge in [-0.05, 0) is 18.2 Å². The minimum absolute atomic E-state index is 0.0127. The number of carbonyl (C=O) groups is 1. The maximum atomic E-state index is 13.2. The molecule has 2 heterocycles. The number of carboxylic acid groups (broad SMARTS) is 1. The van der Waals surface area contributed by atoms with Crippen molar-refractivity contribution in [2.75, 3.05) is 0 Å². The average molecular weight is 293 g/mol. The average Bonchev–Trinajstić information content (AvgIpc) is 2.86. The fourth-order valence-corrected chi connectivity index (χ4v) is 1.85. The summed E-state index contributed by atoms with van der Waals surface area (Å²) in [5, 5.41) is 8.86. The summed E-state index contributed by atoms with van der Waals surface area (Å²) >= 11 is 0. The van der Waals surface area contributed by atoms with Crippen LogP contribution in [-0.2, 0) is 0 Å². The number of aromatic carboxylic acids is 1. The number of halogens is 3. The SMILES string of the molecule is O=C(O)c1cnc2nc(-c3cc(F)c(F)c(F)c3)[nH]c2c1. The van der Waals surface area contributed by atoms with E-state index in [-0.39, 0.29) is 28.1 Å². The summed E-state index contributed by atoms with van der Waals surface area (Å²) in [6, 6.07) is 2.86. The third kappa shape index (κ3) is 2.20. The van der Waals surface area contributed by atoms with Gasteiger partial charge in [0.1, 0.15) is 5.82 Å². The molecule has 0 saturated carbocycles. The van der Waals surface area contributed by atoms with Gasteiger partial charge in [0.05, 0.1) is 11.1 Å². The molecule has 0 bridgehead atoms. The summed E-state index contributed by atoms with van der Waals surface area (Å²) in [7, 11) is 0. The maximum absolute atomic E-state index is 13.2. The Bertz CT molecular complexity index is 853. The standard InChI is InChI=1S/C13H6F3N3O2/c14-7-1-5(2-8(15)10(7)16)11-18-9-3-6(13(20)21)4-17-12(9)19-11/h1-4H,(H,20,21)(H,17,18,19). The number of benzene rings is 1. The van der Waals surface area contributed by atoms with Crippen molar-refractivity contribution in [2.24, 2.45) is 0 Å². The van der Waals surface area contributed by atoms with Crippen molar-refractivity contribution in [1.82, 2.24) is 15.0 Å². The molecule has 3 aromatic rings. The van der Waals surface area contributed by atoms with Crippen LogP contribution in [0, 0.1) is 17.5 Å². The van der Waals surface area contributed by atoms with Crippen LogP contribution in [0.3, 0.4) is 0 Å². The lowest BCUT2D eigenvalue weighted by molar-refractivity contribution is 0.0696. The zero-order valence-electron chi connectivity index (χ0n) is 10.2. The van der Waals surface area contributed by atoms with Crippen LogP contribution >= 0.6 is 0 Å². The number of nitrogens with zero attached hydrogens (tertiary/aromatic N) is 2. The number of aromatic amines is 1. The Morgan fingerprint density at radius 1 is 1.14 bits per heavy atom. The van der Waals surface area contributed by atoms with Gasteiger partial charge in [0.2, 0.25) is 0 Å². The van der Waals surface area contributed by atoms with Crippen LogP contribution < -0.4 is 0 Å². The fraction of sp³-hybridized carbons (Fsp3) is 0. The van der Waals surface area contributed by atoms with E-state index in [1.807, 2.05) is 0 Å². The number of hydrogen-bond acceptors (Lipinski definition) is 3. The quantitative estimate of drug-likeness (QED) is 0.712. The van der Waals surface area contributed by atoms with Gasteiger partial charge >= 0.3 is 5.97 Å². The van der Waals surface area contributed by atoms with Gasteiger partial charge in [-0.25, -0.2) is 27.9 Å². The Hall–Kier alpha value is -2.90. The summed E-state index contributed by atoms with van der Waals surface area (Å²) < 4.78 is 39.3. The Morgan fingerprint density at radius 2 is 1.81 bits per heavy atom. The molecule has 2 N–H and O–H groups in total. The lowest BCUT2D eigenvalue weighted by Gasteiger charge is -1.99. The van der Waals surface area contributed by atoms with Crippen LogP contribution in [0.25, 0.3) is 22.6 Å². The molecule has 0 atom stereocenters. The largest absolute Gasteiger partial charge is 0.478 e. The van der Waals surface area contributed by atoms with Crippen molar-refractivity contribution in [3.63, 3.8) is 0 Å². The zero-order chi connectivity index (χ0) is 15.1. The summed E-state index contributed by atoms with van der Waals surface area (Å²) in [6.45, 7) is 0. The fourth-order valence-electron chi connectivity index (χ4n) is 1.85. The van der Waals surface area contributed by atoms with Crippen molar-refractivity contribution in [3.8, 4) is 11.4 Å². The smallest absolute Gasteiger partial charge is 0.337 e. The third-order valence-corrected chi connectivity index (χ3v) is 2.84. The lowest BCUT2D eigenvalue weighted by Crippen LogP contribution is -1.96. The normalized spacial score (nSPS) is 11.0. The molecule has 0 radical (unpaired) electrons. The minimum atomic E-state index is -1.57. The van der Waals surface area contributed by atoms with Gasteiger partial charge in [-0.1, -0.05) is 0 Å². The highest BCUT2D eigenvalue weighted by molar-refractivity contribution is 5.91. The van der Waals surface area contributed by atoms with Crippen LogP contribution in [0.2, 0.25) is 0 Å². The molecule has 106 valence electrons. The number of carboxylic acids is 1. The van der Waals surface area contributed by atoms with Crippen LogP contribution in [0.5, 0.6) is 0 Å². The Morgan fingerprint density at radius 3 is 2.43 bits per heavy atom. The van der Waals surface area contributed by atoms with Gasteiger partial charge in [-0.3, -0.25) is 0 Å². The van der Waals surface area contributed by atoms with Gasteiger partial charge in [0.25, 0.3) is 0 Å². The molecule has 0 aliphatic heterocycles. The molecule has 0 fully saturated rings. The number of imidazole rings is 1. The van der Waals surface area contributed by atoms with Crippen LogP contribution in [0.1, 0.15) is 10.4 Å². The molecule has 3 rings (SSSR count). The molecule has 8 heteroatoms. The van der Waals surface area contributed by atoms with E-state index in [1.165, 1.54) is 6.07 Å². The molecule has 0 unspecified atom stereocenters. The second-order valence-electron chi connectivity index (χ2n) is 4.24. The highest BCUT2D eigenvalue weighted by atomic mass is 19.2. The van der Waals surface area contributed by atoms with Crippen LogP contribution in [-0.4, -0.2) is 26.0 Å². The second kappa shape index (κ2) is 4.58. The molecule has 0 spiro atoms. The van der Waals surface area contributed by atoms with Gasteiger partial charge in [-0.15, -0.1) is 0 Å². The van der Waals surface area contributed by atoms with E-state index in [9.17, 15) is 18.0 Å². The molecule has 2 aromatic heterocycles. The number of rotatable bonds is 2. The number of nitrogens with one attached hydrogen (secondary N) is 1. The topological polar surface area (TPSA) is 78.9 Å². The Kier molecular flexibility index (Phi) is 2.86. The molecule has 1 aromatic carbocycles. The molecule has 21 heavy (non-hydrogen) atoms. The van der Waals surface area contributed by atoms with E-state index in [0.29, 0.717) is 0 Å². The second-order valence-corrected chi connectivity index (χ2v) is 4.24. The number of hydrogen-bond donors (Lipinski definition) is 2. The number of fused-ring (bicyclic) bond motifs is 1. The highest BCUT2D eigenvalue weighted by Gasteiger charge is 2.15.